The molecule has 20 heavy (non-hydrogen) atoms. The van der Waals surface area contributed by atoms with Gasteiger partial charge < -0.3 is 0 Å². The maximum absolute atomic E-state index is 12.0. The van der Waals surface area contributed by atoms with Crippen LogP contribution in [0.5, 0.6) is 0 Å². The van der Waals surface area contributed by atoms with Crippen LogP contribution < -0.4 is 10.0 Å². The molecule has 0 atom stereocenters. The van der Waals surface area contributed by atoms with Gasteiger partial charge in [0.05, 0.1) is 11.4 Å². The van der Waals surface area contributed by atoms with E-state index in [0.717, 1.165) is 0 Å². The zero-order valence-corrected chi connectivity index (χ0v) is 13.2. The second-order valence-corrected chi connectivity index (χ2v) is 4.26. The van der Waals surface area contributed by atoms with Gasteiger partial charge in [0, 0.05) is 29.6 Å². The molecule has 95 valence electrons. The summed E-state index contributed by atoms with van der Waals surface area (Å²) < 4.78 is 0. The molecular weight excluding hydrogens is 263 g/mol. The molecule has 1 fully saturated rings. The van der Waals surface area contributed by atoms with Gasteiger partial charge in [0.25, 0.3) is 11.8 Å². The van der Waals surface area contributed by atoms with Gasteiger partial charge in [-0.25, -0.2) is 10.0 Å². The molecule has 1 heterocycles. The Morgan fingerprint density at radius 2 is 1.00 bits per heavy atom. The predicted octanol–water partition coefficient (Wildman–Crippen LogP) is 1.99. The Hall–Kier alpha value is -1.62. The molecule has 2 aromatic rings. The summed E-state index contributed by atoms with van der Waals surface area (Å²) in [5, 5.41) is 2.86. The van der Waals surface area contributed by atoms with Crippen LogP contribution in [0.2, 0.25) is 0 Å². The van der Waals surface area contributed by atoms with E-state index in [9.17, 15) is 9.59 Å². The summed E-state index contributed by atoms with van der Waals surface area (Å²) in [6, 6.07) is 18.4. The topological polar surface area (TPSA) is 40.6 Å². The average molecular weight is 275 g/mol. The Morgan fingerprint density at radius 3 is 1.35 bits per heavy atom. The Kier molecular flexibility index (Phi) is 4.60. The first-order valence-corrected chi connectivity index (χ1v) is 6.03. The minimum Gasteiger partial charge on any atom is -0.272 e. The Balaban J connectivity index is 0.00000147. The molecule has 0 aliphatic carbocycles. The summed E-state index contributed by atoms with van der Waals surface area (Å²) >= 11 is 0. The van der Waals surface area contributed by atoms with Crippen LogP contribution in [0.25, 0.3) is 0 Å². The molecule has 1 aliphatic rings. The number of hydrogen-bond acceptors (Lipinski definition) is 2. The van der Waals surface area contributed by atoms with Crippen LogP contribution in [0.15, 0.2) is 60.7 Å². The largest absolute Gasteiger partial charge is 0.272 e. The van der Waals surface area contributed by atoms with Crippen LogP contribution >= 0.6 is 0 Å². The van der Waals surface area contributed by atoms with E-state index in [0.29, 0.717) is 11.4 Å². The van der Waals surface area contributed by atoms with Gasteiger partial charge in [-0.3, -0.25) is 9.59 Å². The van der Waals surface area contributed by atoms with Gasteiger partial charge in [-0.15, -0.1) is 0 Å². The molecule has 0 saturated carbocycles. The molecule has 0 bridgehead atoms. The third kappa shape index (κ3) is 2.63. The number of hydrazine groups is 1. The van der Waals surface area contributed by atoms with Crippen LogP contribution in [0.4, 0.5) is 11.4 Å². The van der Waals surface area contributed by atoms with Crippen molar-refractivity contribution in [2.75, 3.05) is 10.0 Å². The van der Waals surface area contributed by atoms with E-state index in [1.165, 1.54) is 10.0 Å². The van der Waals surface area contributed by atoms with Crippen molar-refractivity contribution in [1.82, 2.24) is 0 Å². The number of carbonyl (C=O) groups is 2. The van der Waals surface area contributed by atoms with E-state index in [1.54, 1.807) is 0 Å². The maximum atomic E-state index is 12.0. The molecule has 0 unspecified atom stereocenters. The van der Waals surface area contributed by atoms with Gasteiger partial charge in [-0.1, -0.05) is 36.4 Å². The van der Waals surface area contributed by atoms with Crippen molar-refractivity contribution in [3.05, 3.63) is 60.7 Å². The third-order valence-corrected chi connectivity index (χ3v) is 2.98. The second kappa shape index (κ2) is 6.22. The summed E-state index contributed by atoms with van der Waals surface area (Å²) in [6.45, 7) is 0. The first-order chi connectivity index (χ1) is 9.27. The number of anilines is 2. The molecule has 3 rings (SSSR count). The predicted molar refractivity (Wildman–Crippen MR) is 78.2 cm³/mol. The molecule has 0 spiro atoms. The van der Waals surface area contributed by atoms with Crippen LogP contribution in [0, 0.1) is 0 Å². The fourth-order valence-electron chi connectivity index (χ4n) is 2.16. The molecular formula is C15H12N2NaO2. The quantitative estimate of drug-likeness (QED) is 0.621. The Labute approximate surface area is 139 Å². The molecule has 2 aromatic carbocycles. The van der Waals surface area contributed by atoms with Crippen molar-refractivity contribution >= 4 is 52.7 Å². The minimum absolute atomic E-state index is 0. The fourth-order valence-corrected chi connectivity index (χ4v) is 2.16. The molecule has 1 aliphatic heterocycles. The van der Waals surface area contributed by atoms with Crippen molar-refractivity contribution in [2.45, 2.75) is 6.42 Å². The summed E-state index contributed by atoms with van der Waals surface area (Å²) in [5.41, 5.74) is 1.39. The van der Waals surface area contributed by atoms with E-state index < -0.39 is 0 Å². The number of hydrogen-bond donors (Lipinski definition) is 0. The molecule has 1 radical (unpaired) electrons. The van der Waals surface area contributed by atoms with Crippen LogP contribution in [-0.4, -0.2) is 41.4 Å². The van der Waals surface area contributed by atoms with Crippen molar-refractivity contribution in [2.24, 2.45) is 0 Å². The summed E-state index contributed by atoms with van der Waals surface area (Å²) in [6.07, 6.45) is -0.0935. The first-order valence-electron chi connectivity index (χ1n) is 6.03. The fraction of sp³-hybridized carbons (Fsp3) is 0.0667. The zero-order chi connectivity index (χ0) is 13.2. The zero-order valence-electron chi connectivity index (χ0n) is 11.2. The second-order valence-electron chi connectivity index (χ2n) is 4.26. The van der Waals surface area contributed by atoms with Gasteiger partial charge in [0.15, 0.2) is 0 Å². The van der Waals surface area contributed by atoms with Gasteiger partial charge in [-0.05, 0) is 24.3 Å². The summed E-state index contributed by atoms with van der Waals surface area (Å²) in [5.74, 6) is -0.417. The van der Waals surface area contributed by atoms with Gasteiger partial charge >= 0.3 is 0 Å². The first kappa shape index (κ1) is 14.8. The van der Waals surface area contributed by atoms with Gasteiger partial charge in [-0.2, -0.15) is 0 Å². The van der Waals surface area contributed by atoms with Crippen LogP contribution in [-0.2, 0) is 9.59 Å². The van der Waals surface area contributed by atoms with E-state index >= 15 is 0 Å². The number of benzene rings is 2. The number of para-hydroxylation sites is 2. The molecule has 5 heteroatoms. The van der Waals surface area contributed by atoms with Gasteiger partial charge in [0.2, 0.25) is 0 Å². The van der Waals surface area contributed by atoms with Gasteiger partial charge in [0.1, 0.15) is 6.42 Å². The van der Waals surface area contributed by atoms with E-state index in [4.69, 9.17) is 0 Å². The number of amides is 2. The maximum Gasteiger partial charge on any atom is 0.255 e. The summed E-state index contributed by atoms with van der Waals surface area (Å²) in [7, 11) is 0. The Bertz CT molecular complexity index is 561. The van der Waals surface area contributed by atoms with Crippen LogP contribution in [0.3, 0.4) is 0 Å². The number of rotatable bonds is 2. The molecule has 0 aromatic heterocycles. The molecule has 2 amide bonds. The Morgan fingerprint density at radius 1 is 0.650 bits per heavy atom. The van der Waals surface area contributed by atoms with E-state index in [2.05, 4.69) is 0 Å². The van der Waals surface area contributed by atoms with E-state index in [1.807, 2.05) is 60.7 Å². The van der Waals surface area contributed by atoms with Crippen molar-refractivity contribution < 1.29 is 9.59 Å². The average Bonchev–Trinajstić information content (AvgIpc) is 2.75. The molecule has 4 nitrogen and oxygen atoms in total. The van der Waals surface area contributed by atoms with Crippen molar-refractivity contribution in [1.29, 1.82) is 0 Å². The third-order valence-electron chi connectivity index (χ3n) is 2.98. The smallest absolute Gasteiger partial charge is 0.255 e. The van der Waals surface area contributed by atoms with Crippen molar-refractivity contribution in [3.63, 3.8) is 0 Å². The van der Waals surface area contributed by atoms with Crippen LogP contribution in [0.1, 0.15) is 6.42 Å². The summed E-state index contributed by atoms with van der Waals surface area (Å²) in [4.78, 5) is 24.1. The SMILES string of the molecule is O=C1CC(=O)N(c2ccccc2)N1c1ccccc1.[Na]. The number of carbonyl (C=O) groups excluding carboxylic acids is 2. The monoisotopic (exact) mass is 275 g/mol. The standard InChI is InChI=1S/C15H12N2O2.Na/c18-14-11-15(19)17(13-9-5-2-6-10-13)16(14)12-7-3-1-4-8-12;/h1-10H,11H2;. The van der Waals surface area contributed by atoms with E-state index in [-0.39, 0.29) is 47.8 Å². The normalized spacial score (nSPS) is 14.4. The molecule has 0 N–H and O–H groups in total. The minimum atomic E-state index is -0.208. The molecule has 1 saturated heterocycles. The number of nitrogens with zero attached hydrogens (tertiary/aromatic N) is 2. The van der Waals surface area contributed by atoms with Crippen molar-refractivity contribution in [3.8, 4) is 0 Å².